The molecule has 74 valence electrons. The summed E-state index contributed by atoms with van der Waals surface area (Å²) in [5.74, 6) is 1.43. The van der Waals surface area contributed by atoms with Crippen LogP contribution in [0, 0.1) is 11.8 Å². The van der Waals surface area contributed by atoms with Gasteiger partial charge in [0.2, 0.25) is 10.0 Å². The summed E-state index contributed by atoms with van der Waals surface area (Å²) in [6, 6.07) is 0. The van der Waals surface area contributed by atoms with Gasteiger partial charge >= 0.3 is 0 Å². The zero-order chi connectivity index (χ0) is 9.47. The van der Waals surface area contributed by atoms with Crippen LogP contribution in [0.4, 0.5) is 0 Å². The predicted octanol–water partition coefficient (Wildman–Crippen LogP) is 1.19. The van der Waals surface area contributed by atoms with Gasteiger partial charge in [-0.3, -0.25) is 0 Å². The Morgan fingerprint density at radius 1 is 1.23 bits per heavy atom. The Balaban J connectivity index is 2.01. The molecule has 2 rings (SSSR count). The lowest BCUT2D eigenvalue weighted by Gasteiger charge is -2.12. The molecular weight excluding hydrogens is 186 g/mol. The molecule has 3 nitrogen and oxygen atoms in total. The van der Waals surface area contributed by atoms with E-state index < -0.39 is 10.0 Å². The van der Waals surface area contributed by atoms with Gasteiger partial charge < -0.3 is 0 Å². The summed E-state index contributed by atoms with van der Waals surface area (Å²) in [6.45, 7) is 4.74. The average Bonchev–Trinajstić information content (AvgIpc) is 2.83. The molecule has 2 aliphatic rings. The van der Waals surface area contributed by atoms with Gasteiger partial charge in [-0.05, 0) is 31.1 Å². The molecular formula is C9H15NO2S. The molecule has 0 amide bonds. The van der Waals surface area contributed by atoms with Gasteiger partial charge in [0, 0.05) is 18.5 Å². The Bertz CT molecular complexity index is 306. The first-order chi connectivity index (χ1) is 6.13. The highest BCUT2D eigenvalue weighted by Gasteiger charge is 2.38. The molecule has 0 aromatic carbocycles. The fraction of sp³-hybridized carbons (Fsp3) is 0.778. The van der Waals surface area contributed by atoms with Crippen molar-refractivity contribution in [3.8, 4) is 0 Å². The quantitative estimate of drug-likeness (QED) is 0.688. The highest BCUT2D eigenvalue weighted by Crippen LogP contribution is 2.41. The van der Waals surface area contributed by atoms with Crippen LogP contribution in [0.25, 0.3) is 0 Å². The average molecular weight is 201 g/mol. The second-order valence-corrected chi connectivity index (χ2v) is 5.84. The zero-order valence-corrected chi connectivity index (χ0v) is 8.46. The molecule has 4 heteroatoms. The van der Waals surface area contributed by atoms with E-state index in [1.165, 1.54) is 12.8 Å². The lowest BCUT2D eigenvalue weighted by molar-refractivity contribution is 0.442. The Hall–Kier alpha value is -0.350. The fourth-order valence-electron chi connectivity index (χ4n) is 2.04. The summed E-state index contributed by atoms with van der Waals surface area (Å²) in [5, 5.41) is 1.06. The van der Waals surface area contributed by atoms with E-state index in [1.807, 2.05) is 0 Å². The van der Waals surface area contributed by atoms with E-state index in [2.05, 4.69) is 6.58 Å². The molecule has 0 bridgehead atoms. The molecule has 13 heavy (non-hydrogen) atoms. The SMILES string of the molecule is C=CS(=O)(=O)N1CCC(C2CC2)C1. The Morgan fingerprint density at radius 2 is 1.92 bits per heavy atom. The largest absolute Gasteiger partial charge is 0.235 e. The van der Waals surface area contributed by atoms with Crippen molar-refractivity contribution < 1.29 is 8.42 Å². The molecule has 0 radical (unpaired) electrons. The van der Waals surface area contributed by atoms with Crippen molar-refractivity contribution in [3.05, 3.63) is 12.0 Å². The van der Waals surface area contributed by atoms with E-state index in [-0.39, 0.29) is 0 Å². The minimum absolute atomic E-state index is 0.620. The zero-order valence-electron chi connectivity index (χ0n) is 7.65. The maximum Gasteiger partial charge on any atom is 0.235 e. The molecule has 0 N–H and O–H groups in total. The van der Waals surface area contributed by atoms with Gasteiger partial charge in [-0.25, -0.2) is 8.42 Å². The van der Waals surface area contributed by atoms with Gasteiger partial charge in [0.1, 0.15) is 0 Å². The highest BCUT2D eigenvalue weighted by atomic mass is 32.2. The van der Waals surface area contributed by atoms with Gasteiger partial charge in [-0.15, -0.1) is 0 Å². The van der Waals surface area contributed by atoms with Crippen molar-refractivity contribution in [2.45, 2.75) is 19.3 Å². The van der Waals surface area contributed by atoms with Crippen molar-refractivity contribution in [2.75, 3.05) is 13.1 Å². The molecule has 1 saturated heterocycles. The first kappa shape index (κ1) is 9.21. The topological polar surface area (TPSA) is 37.4 Å². The molecule has 1 aliphatic carbocycles. The third kappa shape index (κ3) is 1.79. The summed E-state index contributed by atoms with van der Waals surface area (Å²) in [4.78, 5) is 0. The van der Waals surface area contributed by atoms with Crippen LogP contribution in [0.2, 0.25) is 0 Å². The summed E-state index contributed by atoms with van der Waals surface area (Å²) in [7, 11) is -3.14. The first-order valence-corrected chi connectivity index (χ1v) is 6.26. The van der Waals surface area contributed by atoms with Crippen LogP contribution >= 0.6 is 0 Å². The standard InChI is InChI=1S/C9H15NO2S/c1-2-13(11,12)10-6-5-9(7-10)8-3-4-8/h2,8-9H,1,3-7H2. The van der Waals surface area contributed by atoms with Crippen molar-refractivity contribution >= 4 is 10.0 Å². The van der Waals surface area contributed by atoms with E-state index in [9.17, 15) is 8.42 Å². The molecule has 0 spiro atoms. The lowest BCUT2D eigenvalue weighted by atomic mass is 10.0. The normalized spacial score (nSPS) is 30.6. The summed E-state index contributed by atoms with van der Waals surface area (Å²) >= 11 is 0. The monoisotopic (exact) mass is 201 g/mol. The Labute approximate surface area is 79.5 Å². The van der Waals surface area contributed by atoms with Gasteiger partial charge in [0.25, 0.3) is 0 Å². The number of nitrogens with zero attached hydrogens (tertiary/aromatic N) is 1. The molecule has 1 saturated carbocycles. The second-order valence-electron chi connectivity index (χ2n) is 3.96. The van der Waals surface area contributed by atoms with Crippen LogP contribution in [0.1, 0.15) is 19.3 Å². The van der Waals surface area contributed by atoms with E-state index in [4.69, 9.17) is 0 Å². The molecule has 1 heterocycles. The van der Waals surface area contributed by atoms with Gasteiger partial charge in [0.15, 0.2) is 0 Å². The molecule has 0 aromatic rings. The highest BCUT2D eigenvalue weighted by molar-refractivity contribution is 7.92. The van der Waals surface area contributed by atoms with Crippen LogP contribution in [0.15, 0.2) is 12.0 Å². The van der Waals surface area contributed by atoms with Crippen LogP contribution in [0.5, 0.6) is 0 Å². The van der Waals surface area contributed by atoms with Crippen LogP contribution in [0.3, 0.4) is 0 Å². The Morgan fingerprint density at radius 3 is 2.46 bits per heavy atom. The van der Waals surface area contributed by atoms with Crippen molar-refractivity contribution in [1.29, 1.82) is 0 Å². The first-order valence-electron chi connectivity index (χ1n) is 4.76. The number of sulfonamides is 1. The van der Waals surface area contributed by atoms with Crippen LogP contribution in [-0.4, -0.2) is 25.8 Å². The van der Waals surface area contributed by atoms with E-state index in [1.54, 1.807) is 4.31 Å². The summed E-state index contributed by atoms with van der Waals surface area (Å²) in [6.07, 6.45) is 3.64. The fourth-order valence-corrected chi connectivity index (χ4v) is 3.01. The van der Waals surface area contributed by atoms with Crippen molar-refractivity contribution in [2.24, 2.45) is 11.8 Å². The van der Waals surface area contributed by atoms with Crippen LogP contribution in [-0.2, 0) is 10.0 Å². The van der Waals surface area contributed by atoms with Gasteiger partial charge in [-0.2, -0.15) is 4.31 Å². The van der Waals surface area contributed by atoms with Crippen LogP contribution < -0.4 is 0 Å². The summed E-state index contributed by atoms with van der Waals surface area (Å²) in [5.41, 5.74) is 0. The smallest absolute Gasteiger partial charge is 0.208 e. The number of rotatable bonds is 3. The predicted molar refractivity (Wildman–Crippen MR) is 51.5 cm³/mol. The third-order valence-corrected chi connectivity index (χ3v) is 4.52. The molecule has 0 aromatic heterocycles. The number of hydrogen-bond donors (Lipinski definition) is 0. The molecule has 2 fully saturated rings. The second kappa shape index (κ2) is 3.10. The maximum atomic E-state index is 11.4. The minimum atomic E-state index is -3.14. The van der Waals surface area contributed by atoms with E-state index >= 15 is 0 Å². The van der Waals surface area contributed by atoms with Crippen molar-refractivity contribution in [3.63, 3.8) is 0 Å². The lowest BCUT2D eigenvalue weighted by Crippen LogP contribution is -2.26. The van der Waals surface area contributed by atoms with Gasteiger partial charge in [-0.1, -0.05) is 6.58 Å². The molecule has 1 aliphatic heterocycles. The van der Waals surface area contributed by atoms with Crippen molar-refractivity contribution in [1.82, 2.24) is 4.31 Å². The van der Waals surface area contributed by atoms with Gasteiger partial charge in [0.05, 0.1) is 0 Å². The summed E-state index contributed by atoms with van der Waals surface area (Å²) < 4.78 is 24.4. The molecule has 1 atom stereocenters. The van der Waals surface area contributed by atoms with E-state index in [0.717, 1.165) is 24.3 Å². The Kier molecular flexibility index (Phi) is 2.20. The minimum Gasteiger partial charge on any atom is -0.208 e. The van der Waals surface area contributed by atoms with E-state index in [0.29, 0.717) is 12.5 Å². The third-order valence-electron chi connectivity index (χ3n) is 3.05. The molecule has 1 unspecified atom stereocenters. The maximum absolute atomic E-state index is 11.4. The number of hydrogen-bond acceptors (Lipinski definition) is 2.